The second kappa shape index (κ2) is 27.8. The van der Waals surface area contributed by atoms with Crippen LogP contribution in [0.15, 0.2) is 72.4 Å². The third-order valence-corrected chi connectivity index (χ3v) is 5.98. The van der Waals surface area contributed by atoms with Crippen molar-refractivity contribution in [3.8, 4) is 0 Å². The van der Waals surface area contributed by atoms with Gasteiger partial charge in [-0.1, -0.05) is 0 Å². The van der Waals surface area contributed by atoms with Crippen molar-refractivity contribution in [2.24, 2.45) is 0 Å². The third kappa shape index (κ3) is 21.1. The van der Waals surface area contributed by atoms with E-state index in [0.29, 0.717) is 6.61 Å². The second-order valence-electron chi connectivity index (χ2n) is 8.83. The first-order valence-electron chi connectivity index (χ1n) is 11.5. The topological polar surface area (TPSA) is 121 Å². The van der Waals surface area contributed by atoms with Crippen molar-refractivity contribution in [1.82, 2.24) is 4.90 Å². The molecule has 0 saturated carbocycles. The molecule has 0 unspecified atom stereocenters. The van der Waals surface area contributed by atoms with Gasteiger partial charge in [0.15, 0.2) is 0 Å². The molecule has 0 saturated heterocycles. The zero-order valence-electron chi connectivity index (χ0n) is 23.7. The summed E-state index contributed by atoms with van der Waals surface area (Å²) in [7, 11) is -1.78. The fourth-order valence-electron chi connectivity index (χ4n) is 3.59. The van der Waals surface area contributed by atoms with E-state index >= 15 is 0 Å². The fraction of sp³-hybridized carbons (Fsp3) is 0.333. The summed E-state index contributed by atoms with van der Waals surface area (Å²) >= 11 is 3.07. The van der Waals surface area contributed by atoms with E-state index in [4.69, 9.17) is 32.4 Å². The van der Waals surface area contributed by atoms with Crippen LogP contribution in [0.5, 0.6) is 0 Å². The number of hydrogen-bond acceptors (Lipinski definition) is 3. The summed E-state index contributed by atoms with van der Waals surface area (Å²) < 4.78 is 50.7. The van der Waals surface area contributed by atoms with Gasteiger partial charge in [0.05, 0.1) is 0 Å². The number of hydrogen-bond donors (Lipinski definition) is 0. The summed E-state index contributed by atoms with van der Waals surface area (Å²) in [5.74, 6) is 0. The van der Waals surface area contributed by atoms with Gasteiger partial charge in [-0.25, -0.2) is 0 Å². The second-order valence-corrected chi connectivity index (χ2v) is 13.9. The Balaban J connectivity index is -0.000000582. The van der Waals surface area contributed by atoms with Crippen LogP contribution in [0, 0.1) is 33.3 Å². The van der Waals surface area contributed by atoms with Gasteiger partial charge in [-0.15, -0.1) is 0 Å². The van der Waals surface area contributed by atoms with E-state index < -0.39 is 13.9 Å². The van der Waals surface area contributed by atoms with E-state index in [1.165, 1.54) is 11.1 Å². The predicted octanol–water partition coefficient (Wildman–Crippen LogP) is 5.73. The van der Waals surface area contributed by atoms with E-state index in [2.05, 4.69) is 154 Å². The molecule has 2 aromatic carbocycles. The molecule has 2 rings (SSSR count). The molecule has 2 aromatic rings. The van der Waals surface area contributed by atoms with Crippen molar-refractivity contribution in [3.05, 3.63) is 117 Å². The Morgan fingerprint density at radius 1 is 0.775 bits per heavy atom. The molecule has 0 heterocycles. The van der Waals surface area contributed by atoms with Crippen molar-refractivity contribution in [1.29, 1.82) is 0 Å². The van der Waals surface area contributed by atoms with Gasteiger partial charge in [0.25, 0.3) is 0 Å². The van der Waals surface area contributed by atoms with E-state index in [1.54, 1.807) is 0 Å². The van der Waals surface area contributed by atoms with Crippen LogP contribution in [0.25, 0.3) is 0 Å². The summed E-state index contributed by atoms with van der Waals surface area (Å²) in [5, 5.41) is 0. The Bertz CT molecular complexity index is 978. The average Bonchev–Trinajstić information content (AvgIpc) is 2.97. The van der Waals surface area contributed by atoms with E-state index in [9.17, 15) is 0 Å². The average molecular weight is 602 g/mol. The van der Waals surface area contributed by atoms with Crippen molar-refractivity contribution >= 4 is 12.9 Å². The van der Waals surface area contributed by atoms with E-state index in [1.807, 2.05) is 6.92 Å². The van der Waals surface area contributed by atoms with Crippen molar-refractivity contribution in [3.63, 3.8) is 0 Å². The van der Waals surface area contributed by atoms with Gasteiger partial charge in [0.1, 0.15) is 0 Å². The SMILES string of the molecule is CCO[C](=[Cr])/C=C(\N(Cc1ccccc1)Cc1ccccc1)C(C)(C)O[Si](C)(C)C.[C-]#[O+].[C-]#[O+].[C-]#[O+].[C-]#[O+].[C-]#[O+]. The first-order valence-corrected chi connectivity index (χ1v) is 15.6. The molecule has 0 aromatic heterocycles. The number of ether oxygens (including phenoxy) is 1. The van der Waals surface area contributed by atoms with Gasteiger partial charge < -0.3 is 0 Å². The molecule has 0 fully saturated rings. The molecule has 40 heavy (non-hydrogen) atoms. The molecular weight excluding hydrogens is 566 g/mol. The molecule has 0 atom stereocenters. The van der Waals surface area contributed by atoms with Crippen LogP contribution in [0.3, 0.4) is 0 Å². The monoisotopic (exact) mass is 601 g/mol. The molecule has 0 amide bonds. The molecule has 0 bridgehead atoms. The molecule has 212 valence electrons. The van der Waals surface area contributed by atoms with Gasteiger partial charge in [0, 0.05) is 0 Å². The molecule has 0 radical (unpaired) electrons. The van der Waals surface area contributed by atoms with Crippen molar-refractivity contribution < 1.29 is 48.3 Å². The molecule has 0 spiro atoms. The van der Waals surface area contributed by atoms with Crippen molar-refractivity contribution in [2.45, 2.75) is 59.1 Å². The van der Waals surface area contributed by atoms with Crippen molar-refractivity contribution in [2.75, 3.05) is 6.61 Å². The van der Waals surface area contributed by atoms with Gasteiger partial charge in [0.2, 0.25) is 0 Å². The van der Waals surface area contributed by atoms with Gasteiger partial charge >= 0.3 is 249 Å². The summed E-state index contributed by atoms with van der Waals surface area (Å²) in [6.07, 6.45) is 2.11. The van der Waals surface area contributed by atoms with Crippen LogP contribution in [0.4, 0.5) is 0 Å². The van der Waals surface area contributed by atoms with E-state index in [0.717, 1.165) is 23.4 Å². The zero-order chi connectivity index (χ0) is 32.2. The maximum absolute atomic E-state index is 7.50. The Hall–Kier alpha value is -2.78. The Kier molecular flexibility index (Phi) is 30.7. The first-order chi connectivity index (χ1) is 19.1. The predicted molar refractivity (Wildman–Crippen MR) is 145 cm³/mol. The summed E-state index contributed by atoms with van der Waals surface area (Å²) in [4.78, 5) is 2.40. The molecule has 8 nitrogen and oxygen atoms in total. The number of benzene rings is 2. The Labute approximate surface area is 248 Å². The molecule has 0 aliphatic rings. The maximum atomic E-state index is 7.50. The third-order valence-electron chi connectivity index (χ3n) is 4.49. The minimum atomic E-state index is -1.78. The quantitative estimate of drug-likeness (QED) is 0.186. The van der Waals surface area contributed by atoms with Gasteiger partial charge in [-0.3, -0.25) is 0 Å². The fourth-order valence-corrected chi connectivity index (χ4v) is 5.59. The molecule has 0 N–H and O–H groups in total. The summed E-state index contributed by atoms with van der Waals surface area (Å²) in [6, 6.07) is 21.2. The Morgan fingerprint density at radius 2 is 1.12 bits per heavy atom. The molecule has 0 aliphatic heterocycles. The van der Waals surface area contributed by atoms with Gasteiger partial charge in [-0.05, 0) is 0 Å². The minimum absolute atomic E-state index is 0.458. The molecular formula is C30H35CrNO7Si. The molecule has 0 aliphatic carbocycles. The number of nitrogens with zero attached hydrogens (tertiary/aromatic N) is 1. The van der Waals surface area contributed by atoms with Crippen LogP contribution in [0.2, 0.25) is 19.6 Å². The van der Waals surface area contributed by atoms with Crippen LogP contribution >= 0.6 is 0 Å². The first kappa shape index (κ1) is 44.2. The summed E-state index contributed by atoms with van der Waals surface area (Å²) in [5.41, 5.74) is 3.18. The number of rotatable bonds is 11. The standard InChI is InChI=1S/C25H35NO2Si.5CO.Cr/c1-7-27-19-18-24(25(2,3)28-29(4,5)6)26(20-22-14-10-8-11-15-22)21-23-16-12-9-13-17-23;5*1-2;/h8-18H,7,20-21H2,1-6H3;;;;;;/b24-18-;;;;;;. The normalized spacial score (nSPS) is 9.75. The van der Waals surface area contributed by atoms with Crippen LogP contribution in [-0.4, -0.2) is 30.0 Å². The van der Waals surface area contributed by atoms with Crippen LogP contribution in [-0.2, 0) is 61.4 Å². The van der Waals surface area contributed by atoms with Crippen LogP contribution in [0.1, 0.15) is 31.9 Å². The molecule has 10 heteroatoms. The van der Waals surface area contributed by atoms with Crippen LogP contribution < -0.4 is 0 Å². The van der Waals surface area contributed by atoms with Gasteiger partial charge in [-0.2, -0.15) is 0 Å². The van der Waals surface area contributed by atoms with E-state index in [-0.39, 0.29) is 0 Å². The Morgan fingerprint density at radius 3 is 1.43 bits per heavy atom. The summed E-state index contributed by atoms with van der Waals surface area (Å²) in [6.45, 7) is 37.7. The zero-order valence-corrected chi connectivity index (χ0v) is 26.0.